The van der Waals surface area contributed by atoms with Gasteiger partial charge in [0.2, 0.25) is 0 Å². The molecule has 0 heterocycles. The van der Waals surface area contributed by atoms with E-state index in [9.17, 15) is 0 Å². The molecule has 19 heavy (non-hydrogen) atoms. The third-order valence-electron chi connectivity index (χ3n) is 3.79. The molecule has 0 bridgehead atoms. The van der Waals surface area contributed by atoms with Gasteiger partial charge in [0, 0.05) is 6.21 Å². The normalized spacial score (nSPS) is 11.4. The molecule has 2 nitrogen and oxygen atoms in total. The molecule has 2 heteroatoms. The average molecular weight is 268 g/mol. The maximum atomic E-state index is 5.05. The van der Waals surface area contributed by atoms with E-state index in [1.54, 1.807) is 0 Å². The molecule has 0 aromatic heterocycles. The molecule has 0 saturated heterocycles. The first kappa shape index (κ1) is 18.5. The average Bonchev–Trinajstić information content (AvgIpc) is 2.43. The number of unbranched alkanes of at least 4 members (excludes halogenated alkanes) is 14. The Hall–Kier alpha value is -0.530. The number of rotatable bonds is 15. The van der Waals surface area contributed by atoms with E-state index in [0.717, 1.165) is 6.42 Å². The van der Waals surface area contributed by atoms with Crippen LogP contribution in [0.2, 0.25) is 0 Å². The van der Waals surface area contributed by atoms with E-state index >= 15 is 0 Å². The minimum atomic E-state index is 1.05. The lowest BCUT2D eigenvalue weighted by molar-refractivity contribution is 0.537. The molecular weight excluding hydrogens is 232 g/mol. The van der Waals surface area contributed by atoms with E-state index < -0.39 is 0 Å². The van der Waals surface area contributed by atoms with Crippen molar-refractivity contribution < 1.29 is 0 Å². The van der Waals surface area contributed by atoms with E-state index in [1.165, 1.54) is 89.9 Å². The predicted octanol–water partition coefficient (Wildman–Crippen LogP) is 5.80. The van der Waals surface area contributed by atoms with E-state index in [-0.39, 0.29) is 0 Å². The van der Waals surface area contributed by atoms with Crippen LogP contribution in [-0.2, 0) is 0 Å². The topological polar surface area (TPSA) is 38.4 Å². The van der Waals surface area contributed by atoms with Crippen molar-refractivity contribution in [3.05, 3.63) is 0 Å². The van der Waals surface area contributed by atoms with Crippen molar-refractivity contribution in [1.82, 2.24) is 0 Å². The highest BCUT2D eigenvalue weighted by molar-refractivity contribution is 5.56. The van der Waals surface area contributed by atoms with Crippen LogP contribution < -0.4 is 5.84 Å². The number of nitrogens with two attached hydrogens (primary N) is 1. The summed E-state index contributed by atoms with van der Waals surface area (Å²) in [6.07, 6.45) is 22.7. The van der Waals surface area contributed by atoms with Gasteiger partial charge in [0.1, 0.15) is 0 Å². The molecule has 114 valence electrons. The molecule has 0 amide bonds. The standard InChI is InChI=1S/C17H36N2/c1-2-3-4-5-6-7-8-9-10-11-12-13-14-15-16-17-19-18/h17H,2-16,18H2,1H3. The van der Waals surface area contributed by atoms with Crippen LogP contribution in [0.4, 0.5) is 0 Å². The summed E-state index contributed by atoms with van der Waals surface area (Å²) in [6.45, 7) is 2.28. The minimum Gasteiger partial charge on any atom is -0.324 e. The molecule has 0 aliphatic carbocycles. The Bertz CT molecular complexity index is 178. The van der Waals surface area contributed by atoms with Gasteiger partial charge in [-0.3, -0.25) is 0 Å². The van der Waals surface area contributed by atoms with Crippen LogP contribution in [0.1, 0.15) is 103 Å². The molecule has 0 spiro atoms. The molecule has 0 saturated carbocycles. The van der Waals surface area contributed by atoms with Gasteiger partial charge in [-0.2, -0.15) is 5.10 Å². The van der Waals surface area contributed by atoms with Crippen molar-refractivity contribution in [1.29, 1.82) is 0 Å². The molecule has 2 N–H and O–H groups in total. The molecule has 0 rings (SSSR count). The molecule has 0 aromatic carbocycles. The highest BCUT2D eigenvalue weighted by Gasteiger charge is 1.93. The zero-order chi connectivity index (χ0) is 14.0. The van der Waals surface area contributed by atoms with Crippen LogP contribution >= 0.6 is 0 Å². The lowest BCUT2D eigenvalue weighted by Gasteiger charge is -2.02. The van der Waals surface area contributed by atoms with Crippen molar-refractivity contribution in [3.8, 4) is 0 Å². The second-order valence-electron chi connectivity index (χ2n) is 5.72. The summed E-state index contributed by atoms with van der Waals surface area (Å²) in [4.78, 5) is 0. The molecule has 0 fully saturated rings. The summed E-state index contributed by atoms with van der Waals surface area (Å²) in [7, 11) is 0. The smallest absolute Gasteiger partial charge is 0.0240 e. The van der Waals surface area contributed by atoms with Gasteiger partial charge >= 0.3 is 0 Å². The van der Waals surface area contributed by atoms with E-state index in [4.69, 9.17) is 5.84 Å². The Balaban J connectivity index is 2.91. The summed E-state index contributed by atoms with van der Waals surface area (Å²) < 4.78 is 0. The summed E-state index contributed by atoms with van der Waals surface area (Å²) in [5, 5.41) is 3.51. The van der Waals surface area contributed by atoms with Gasteiger partial charge in [0.15, 0.2) is 0 Å². The molecule has 0 atom stereocenters. The van der Waals surface area contributed by atoms with Gasteiger partial charge in [0.05, 0.1) is 0 Å². The first-order chi connectivity index (χ1) is 9.41. The Morgan fingerprint density at radius 1 is 0.632 bits per heavy atom. The number of hydrogen-bond acceptors (Lipinski definition) is 2. The van der Waals surface area contributed by atoms with Gasteiger partial charge in [-0.1, -0.05) is 90.4 Å². The van der Waals surface area contributed by atoms with E-state index in [2.05, 4.69) is 12.0 Å². The number of nitrogens with zero attached hydrogens (tertiary/aromatic N) is 1. The Labute approximate surface area is 121 Å². The maximum absolute atomic E-state index is 5.05. The van der Waals surface area contributed by atoms with Crippen LogP contribution in [0.5, 0.6) is 0 Å². The first-order valence-corrected chi connectivity index (χ1v) is 8.63. The van der Waals surface area contributed by atoms with Gasteiger partial charge in [-0.25, -0.2) is 0 Å². The Kier molecular flexibility index (Phi) is 17.0. The summed E-state index contributed by atoms with van der Waals surface area (Å²) in [6, 6.07) is 0. The number of hydrazone groups is 1. The summed E-state index contributed by atoms with van der Waals surface area (Å²) >= 11 is 0. The second-order valence-corrected chi connectivity index (χ2v) is 5.72. The molecular formula is C17H36N2. The van der Waals surface area contributed by atoms with Crippen LogP contribution in [0, 0.1) is 0 Å². The fourth-order valence-corrected chi connectivity index (χ4v) is 2.50. The number of hydrogen-bond donors (Lipinski definition) is 1. The van der Waals surface area contributed by atoms with Crippen molar-refractivity contribution in [2.24, 2.45) is 10.9 Å². The SMILES string of the molecule is CCCCCCCCCCCCCCCCC=NN. The quantitative estimate of drug-likeness (QED) is 0.173. The minimum absolute atomic E-state index is 1.05. The summed E-state index contributed by atoms with van der Waals surface area (Å²) in [5.74, 6) is 5.05. The Morgan fingerprint density at radius 2 is 1.00 bits per heavy atom. The molecule has 0 aliphatic heterocycles. The van der Waals surface area contributed by atoms with Gasteiger partial charge in [-0.15, -0.1) is 0 Å². The van der Waals surface area contributed by atoms with E-state index in [0.29, 0.717) is 0 Å². The fourth-order valence-electron chi connectivity index (χ4n) is 2.50. The zero-order valence-corrected chi connectivity index (χ0v) is 13.2. The first-order valence-electron chi connectivity index (χ1n) is 8.63. The van der Waals surface area contributed by atoms with Crippen LogP contribution in [-0.4, -0.2) is 6.21 Å². The molecule has 0 unspecified atom stereocenters. The predicted molar refractivity (Wildman–Crippen MR) is 87.6 cm³/mol. The summed E-state index contributed by atoms with van der Waals surface area (Å²) in [5.41, 5.74) is 0. The lowest BCUT2D eigenvalue weighted by Crippen LogP contribution is -1.85. The Morgan fingerprint density at radius 3 is 1.37 bits per heavy atom. The third-order valence-corrected chi connectivity index (χ3v) is 3.79. The van der Waals surface area contributed by atoms with Crippen molar-refractivity contribution >= 4 is 6.21 Å². The van der Waals surface area contributed by atoms with Gasteiger partial charge in [0.25, 0.3) is 0 Å². The molecule has 0 aromatic rings. The maximum Gasteiger partial charge on any atom is 0.0240 e. The third kappa shape index (κ3) is 17.5. The fraction of sp³-hybridized carbons (Fsp3) is 0.941. The van der Waals surface area contributed by atoms with Gasteiger partial charge in [-0.05, 0) is 12.8 Å². The highest BCUT2D eigenvalue weighted by Crippen LogP contribution is 2.13. The molecule has 0 radical (unpaired) electrons. The monoisotopic (exact) mass is 268 g/mol. The zero-order valence-electron chi connectivity index (χ0n) is 13.2. The largest absolute Gasteiger partial charge is 0.324 e. The van der Waals surface area contributed by atoms with Crippen molar-refractivity contribution in [2.45, 2.75) is 103 Å². The lowest BCUT2D eigenvalue weighted by atomic mass is 10.0. The van der Waals surface area contributed by atoms with Crippen LogP contribution in [0.25, 0.3) is 0 Å². The van der Waals surface area contributed by atoms with Gasteiger partial charge < -0.3 is 5.84 Å². The second kappa shape index (κ2) is 17.5. The van der Waals surface area contributed by atoms with E-state index in [1.807, 2.05) is 6.21 Å². The van der Waals surface area contributed by atoms with Crippen molar-refractivity contribution in [2.75, 3.05) is 0 Å². The van der Waals surface area contributed by atoms with Crippen molar-refractivity contribution in [3.63, 3.8) is 0 Å². The highest BCUT2D eigenvalue weighted by atomic mass is 15.1. The van der Waals surface area contributed by atoms with Crippen LogP contribution in [0.15, 0.2) is 5.10 Å². The molecule has 0 aliphatic rings. The van der Waals surface area contributed by atoms with Crippen LogP contribution in [0.3, 0.4) is 0 Å².